The lowest BCUT2D eigenvalue weighted by atomic mass is 10.0. The number of nitrogens with zero attached hydrogens (tertiary/aromatic N) is 5. The summed E-state index contributed by atoms with van der Waals surface area (Å²) < 4.78 is 38.7. The zero-order valence-corrected chi connectivity index (χ0v) is 18.6. The predicted molar refractivity (Wildman–Crippen MR) is 127 cm³/mol. The second-order valence-electron chi connectivity index (χ2n) is 7.78. The van der Waals surface area contributed by atoms with Crippen molar-refractivity contribution in [3.63, 3.8) is 0 Å². The van der Waals surface area contributed by atoms with Crippen molar-refractivity contribution in [3.05, 3.63) is 76.0 Å². The van der Waals surface area contributed by atoms with E-state index in [1.807, 2.05) is 4.90 Å². The van der Waals surface area contributed by atoms with Gasteiger partial charge in [0.15, 0.2) is 0 Å². The van der Waals surface area contributed by atoms with Gasteiger partial charge in [0.05, 0.1) is 23.0 Å². The van der Waals surface area contributed by atoms with Gasteiger partial charge in [-0.25, -0.2) is 9.97 Å². The van der Waals surface area contributed by atoms with E-state index in [2.05, 4.69) is 26.3 Å². The zero-order valence-electron chi connectivity index (χ0n) is 17.8. The number of aliphatic hydroxyl groups excluding tert-OH is 1. The molecular weight excluding hydrogens is 481 g/mol. The molecule has 0 saturated heterocycles. The number of nitriles is 1. The highest BCUT2D eigenvalue weighted by atomic mass is 35.5. The van der Waals surface area contributed by atoms with E-state index in [9.17, 15) is 23.5 Å². The summed E-state index contributed by atoms with van der Waals surface area (Å²) >= 11 is 6.03. The molecule has 2 N–H and O–H groups in total. The fraction of sp³-hybridized carbons (Fsp3) is 0.333. The van der Waals surface area contributed by atoms with Gasteiger partial charge in [-0.15, -0.1) is 0 Å². The van der Waals surface area contributed by atoms with Crippen LogP contribution < -0.4 is 10.2 Å². The minimum atomic E-state index is -4.53. The van der Waals surface area contributed by atoms with Crippen molar-refractivity contribution < 1.29 is 18.3 Å². The molecule has 4 rings (SSSR count). The van der Waals surface area contributed by atoms with Gasteiger partial charge in [0, 0.05) is 42.9 Å². The fourth-order valence-corrected chi connectivity index (χ4v) is 4.11. The Labute approximate surface area is 206 Å². The maximum atomic E-state index is 12.9. The van der Waals surface area contributed by atoms with Crippen molar-refractivity contribution in [1.29, 1.82) is 5.26 Å². The minimum Gasteiger partial charge on any atom is -0.396 e. The average Bonchev–Trinajstić information content (AvgIpc) is 2.83. The zero-order chi connectivity index (χ0) is 24.3. The Bertz CT molecular complexity index is 1210. The fourth-order valence-electron chi connectivity index (χ4n) is 3.94. The molecule has 1 aromatic carbocycles. The number of fused-ring (bicyclic) bond motifs is 1. The number of halogens is 4. The highest BCUT2D eigenvalue weighted by Crippen LogP contribution is 2.33. The van der Waals surface area contributed by atoms with Crippen LogP contribution in [0.3, 0.4) is 0 Å². The Balaban J connectivity index is 0.00000342. The number of aromatic nitrogens is 3. The molecule has 11 heteroatoms. The monoisotopic (exact) mass is 504 g/mol. The average molecular weight is 505 g/mol. The van der Waals surface area contributed by atoms with Gasteiger partial charge in [0.25, 0.3) is 0 Å². The number of aliphatic hydroxyl groups is 1. The van der Waals surface area contributed by atoms with E-state index >= 15 is 0 Å². The van der Waals surface area contributed by atoms with Gasteiger partial charge in [-0.1, -0.05) is 25.1 Å². The van der Waals surface area contributed by atoms with Gasteiger partial charge in [-0.3, -0.25) is 4.98 Å². The third-order valence-corrected chi connectivity index (χ3v) is 5.86. The number of pyridine rings is 1. The maximum absolute atomic E-state index is 12.9. The molecule has 1 atom stereocenters. The molecule has 0 bridgehead atoms. The smallest absolute Gasteiger partial charge is 0.396 e. The number of alkyl halides is 3. The predicted octanol–water partition coefficient (Wildman–Crippen LogP) is 5.15. The molecule has 0 amide bonds. The standard InChI is InChI=1S/C23H20ClF3N6O.CH4/c24-16-2-3-20(15(9-16)10-28)33-7-5-19-17(12-33)22(31-13-30-19)32-18(6-8-34)14-1-4-21(29-11-14)23(25,26)27;/h1-4,9,11,13,18,34H,5-8,12H2,(H,30,31,32);1H4/t18-;/m1./s1. The van der Waals surface area contributed by atoms with Crippen LogP contribution in [0.25, 0.3) is 0 Å². The Morgan fingerprint density at radius 1 is 1.20 bits per heavy atom. The first kappa shape index (κ1) is 26.2. The maximum Gasteiger partial charge on any atom is 0.433 e. The molecule has 1 aliphatic rings. The number of anilines is 2. The van der Waals surface area contributed by atoms with Crippen LogP contribution in [0.4, 0.5) is 24.7 Å². The van der Waals surface area contributed by atoms with Crippen LogP contribution >= 0.6 is 11.6 Å². The molecule has 3 heterocycles. The number of hydrogen-bond donors (Lipinski definition) is 2. The van der Waals surface area contributed by atoms with Gasteiger partial charge in [0.1, 0.15) is 23.9 Å². The third-order valence-electron chi connectivity index (χ3n) is 5.63. The normalized spacial score (nSPS) is 13.9. The number of hydrogen-bond acceptors (Lipinski definition) is 7. The Morgan fingerprint density at radius 3 is 2.66 bits per heavy atom. The van der Waals surface area contributed by atoms with Crippen LogP contribution in [0.15, 0.2) is 42.9 Å². The first-order valence-electron chi connectivity index (χ1n) is 10.5. The van der Waals surface area contributed by atoms with Gasteiger partial charge in [-0.05, 0) is 36.2 Å². The summed E-state index contributed by atoms with van der Waals surface area (Å²) in [5, 5.41) is 22.8. The van der Waals surface area contributed by atoms with E-state index in [0.29, 0.717) is 41.5 Å². The molecule has 0 unspecified atom stereocenters. The van der Waals surface area contributed by atoms with Crippen molar-refractivity contribution >= 4 is 23.1 Å². The van der Waals surface area contributed by atoms with Crippen LogP contribution in [0, 0.1) is 11.3 Å². The molecule has 1 aliphatic heterocycles. The quantitative estimate of drug-likeness (QED) is 0.479. The molecule has 35 heavy (non-hydrogen) atoms. The van der Waals surface area contributed by atoms with E-state index in [1.165, 1.54) is 12.4 Å². The molecular formula is C24H24ClF3N6O. The largest absolute Gasteiger partial charge is 0.433 e. The Morgan fingerprint density at radius 2 is 2.00 bits per heavy atom. The first-order chi connectivity index (χ1) is 16.3. The SMILES string of the molecule is C.N#Cc1cc(Cl)ccc1N1CCc2ncnc(N[C@H](CCO)c3ccc(C(F)(F)F)nc3)c2C1. The molecule has 0 fully saturated rings. The van der Waals surface area contributed by atoms with Crippen molar-refractivity contribution in [2.75, 3.05) is 23.4 Å². The summed E-state index contributed by atoms with van der Waals surface area (Å²) in [6, 6.07) is 9.05. The van der Waals surface area contributed by atoms with E-state index in [1.54, 1.807) is 18.2 Å². The topological polar surface area (TPSA) is 98.0 Å². The van der Waals surface area contributed by atoms with Gasteiger partial charge in [0.2, 0.25) is 0 Å². The van der Waals surface area contributed by atoms with E-state index in [0.717, 1.165) is 29.2 Å². The van der Waals surface area contributed by atoms with Gasteiger partial charge < -0.3 is 15.3 Å². The Kier molecular flexibility index (Phi) is 8.14. The lowest BCUT2D eigenvalue weighted by Crippen LogP contribution is -2.32. The molecule has 0 aliphatic carbocycles. The summed E-state index contributed by atoms with van der Waals surface area (Å²) in [4.78, 5) is 14.3. The molecule has 7 nitrogen and oxygen atoms in total. The van der Waals surface area contributed by atoms with Crippen LogP contribution in [0.2, 0.25) is 5.02 Å². The van der Waals surface area contributed by atoms with Gasteiger partial charge >= 0.3 is 6.18 Å². The Hall–Kier alpha value is -3.42. The highest BCUT2D eigenvalue weighted by Gasteiger charge is 2.32. The summed E-state index contributed by atoms with van der Waals surface area (Å²) in [5.74, 6) is 0.514. The number of benzene rings is 1. The van der Waals surface area contributed by atoms with E-state index in [-0.39, 0.29) is 20.5 Å². The molecule has 184 valence electrons. The first-order valence-corrected chi connectivity index (χ1v) is 10.9. The number of nitrogens with one attached hydrogen (secondary N) is 1. The van der Waals surface area contributed by atoms with Crippen molar-refractivity contribution in [3.8, 4) is 6.07 Å². The van der Waals surface area contributed by atoms with Crippen LogP contribution in [-0.2, 0) is 19.1 Å². The lowest BCUT2D eigenvalue weighted by Gasteiger charge is -2.32. The van der Waals surface area contributed by atoms with Crippen molar-refractivity contribution in [2.45, 2.75) is 39.0 Å². The minimum absolute atomic E-state index is 0. The summed E-state index contributed by atoms with van der Waals surface area (Å²) in [6.07, 6.45) is -1.08. The summed E-state index contributed by atoms with van der Waals surface area (Å²) in [7, 11) is 0. The van der Waals surface area contributed by atoms with E-state index in [4.69, 9.17) is 11.6 Å². The molecule has 0 radical (unpaired) electrons. The van der Waals surface area contributed by atoms with Crippen molar-refractivity contribution in [2.24, 2.45) is 0 Å². The lowest BCUT2D eigenvalue weighted by molar-refractivity contribution is -0.141. The van der Waals surface area contributed by atoms with Gasteiger partial charge in [-0.2, -0.15) is 18.4 Å². The highest BCUT2D eigenvalue weighted by molar-refractivity contribution is 6.30. The molecule has 0 saturated carbocycles. The van der Waals surface area contributed by atoms with Crippen LogP contribution in [-0.4, -0.2) is 33.2 Å². The molecule has 0 spiro atoms. The summed E-state index contributed by atoms with van der Waals surface area (Å²) in [5.41, 5.74) is 2.37. The second-order valence-corrected chi connectivity index (χ2v) is 8.21. The molecule has 3 aromatic rings. The van der Waals surface area contributed by atoms with E-state index < -0.39 is 17.9 Å². The van der Waals surface area contributed by atoms with Crippen LogP contribution in [0.1, 0.15) is 48.0 Å². The second kappa shape index (κ2) is 10.9. The summed E-state index contributed by atoms with van der Waals surface area (Å²) in [6.45, 7) is 0.878. The van der Waals surface area contributed by atoms with Crippen LogP contribution in [0.5, 0.6) is 0 Å². The third kappa shape index (κ3) is 5.81. The van der Waals surface area contributed by atoms with Crippen molar-refractivity contribution in [1.82, 2.24) is 15.0 Å². The number of rotatable bonds is 6. The molecule has 2 aromatic heterocycles.